The summed E-state index contributed by atoms with van der Waals surface area (Å²) < 4.78 is 49.3. The van der Waals surface area contributed by atoms with Crippen molar-refractivity contribution in [3.8, 4) is 5.75 Å². The van der Waals surface area contributed by atoms with Gasteiger partial charge in [0.05, 0.1) is 125 Å². The summed E-state index contributed by atoms with van der Waals surface area (Å²) in [7, 11) is 0. The maximum absolute atomic E-state index is 13.5. The third kappa shape index (κ3) is 29.8. The lowest BCUT2D eigenvalue weighted by Gasteiger charge is -2.28. The van der Waals surface area contributed by atoms with Gasteiger partial charge in [-0.3, -0.25) is 34.2 Å². The second kappa shape index (κ2) is 39.6. The maximum Gasteiger partial charge on any atom is 0.327 e. The van der Waals surface area contributed by atoms with Crippen LogP contribution in [0.25, 0.3) is 0 Å². The summed E-state index contributed by atoms with van der Waals surface area (Å²) >= 11 is 2.21. The Kier molecular flexibility index (Phi) is 33.5. The van der Waals surface area contributed by atoms with Crippen LogP contribution in [0.4, 0.5) is 15.6 Å². The van der Waals surface area contributed by atoms with Crippen LogP contribution in [-0.2, 0) is 68.4 Å². The van der Waals surface area contributed by atoms with Crippen LogP contribution in [0, 0.1) is 0 Å². The minimum Gasteiger partial charge on any atom is -0.494 e. The fourth-order valence-corrected chi connectivity index (χ4v) is 7.15. The van der Waals surface area contributed by atoms with Crippen LogP contribution in [0.15, 0.2) is 60.0 Å². The topological polar surface area (TPSA) is 307 Å². The number of amides is 5. The smallest absolute Gasteiger partial charge is 0.327 e. The van der Waals surface area contributed by atoms with E-state index in [0.29, 0.717) is 124 Å². The summed E-state index contributed by atoms with van der Waals surface area (Å²) in [5.74, 6) is -3.96. The van der Waals surface area contributed by atoms with Gasteiger partial charge in [0.15, 0.2) is 10.2 Å². The number of rotatable bonds is 43. The highest BCUT2D eigenvalue weighted by Gasteiger charge is 2.33. The highest BCUT2D eigenvalue weighted by atomic mass is 32.2. The molecule has 0 aliphatic heterocycles. The number of ether oxygens (including phenoxy) is 9. The molecule has 0 bridgehead atoms. The highest BCUT2D eigenvalue weighted by Crippen LogP contribution is 2.24. The third-order valence-electron chi connectivity index (χ3n) is 9.52. The molecule has 1 atom stereocenters. The van der Waals surface area contributed by atoms with Crippen molar-refractivity contribution in [3.05, 3.63) is 71.2 Å². The van der Waals surface area contributed by atoms with Crippen molar-refractivity contribution >= 4 is 74.7 Å². The molecule has 410 valence electrons. The van der Waals surface area contributed by atoms with Crippen molar-refractivity contribution in [2.45, 2.75) is 38.8 Å². The summed E-state index contributed by atoms with van der Waals surface area (Å²) in [6.45, 7) is 8.27. The number of nitrogens with one attached hydrogen (secondary N) is 4. The Morgan fingerprint density at radius 3 is 1.73 bits per heavy atom. The number of carboxylic acids is 2. The van der Waals surface area contributed by atoms with E-state index in [9.17, 15) is 43.8 Å². The Labute approximate surface area is 437 Å². The summed E-state index contributed by atoms with van der Waals surface area (Å²) in [6, 6.07) is 12.5. The maximum atomic E-state index is 13.5. The van der Waals surface area contributed by atoms with E-state index in [-0.39, 0.29) is 53.7 Å². The Balaban J connectivity index is 1.18. The van der Waals surface area contributed by atoms with Gasteiger partial charge in [-0.1, -0.05) is 42.1 Å². The molecule has 0 aliphatic rings. The summed E-state index contributed by atoms with van der Waals surface area (Å²) in [5.41, 5.74) is 0.796. The average molecular weight is 1080 g/mol. The third-order valence-corrected chi connectivity index (χ3v) is 11.1. The van der Waals surface area contributed by atoms with Crippen LogP contribution >= 0.6 is 23.1 Å². The Hall–Kier alpha value is -5.81. The van der Waals surface area contributed by atoms with Crippen LogP contribution in [0.3, 0.4) is 0 Å². The molecule has 6 N–H and O–H groups in total. The molecule has 0 aliphatic carbocycles. The van der Waals surface area contributed by atoms with Gasteiger partial charge in [-0.15, -0.1) is 11.3 Å². The molecule has 0 saturated heterocycles. The number of thioether (sulfide) groups is 1. The second-order valence-electron chi connectivity index (χ2n) is 15.3. The largest absolute Gasteiger partial charge is 0.494 e. The van der Waals surface area contributed by atoms with Crippen LogP contribution < -0.4 is 30.9 Å². The zero-order valence-corrected chi connectivity index (χ0v) is 43.1. The lowest BCUT2D eigenvalue weighted by Crippen LogP contribution is -2.50. The number of carboxylic acid groups (broad SMARTS) is 2. The van der Waals surface area contributed by atoms with E-state index in [1.54, 1.807) is 0 Å². The zero-order valence-electron chi connectivity index (χ0n) is 41.5. The molecular weight excluding hydrogens is 1010 g/mol. The number of thiazole rings is 1. The Morgan fingerprint density at radius 2 is 1.20 bits per heavy atom. The van der Waals surface area contributed by atoms with Crippen molar-refractivity contribution in [2.24, 2.45) is 0 Å². The van der Waals surface area contributed by atoms with Gasteiger partial charge in [0.1, 0.15) is 17.5 Å². The van der Waals surface area contributed by atoms with Gasteiger partial charge in [-0.05, 0) is 36.2 Å². The van der Waals surface area contributed by atoms with Gasteiger partial charge in [0, 0.05) is 43.3 Å². The molecular formula is C48H68N6O18S2. The molecule has 1 heterocycles. The summed E-state index contributed by atoms with van der Waals surface area (Å²) in [5, 5.41) is 31.3. The van der Waals surface area contributed by atoms with Gasteiger partial charge in [-0.25, -0.2) is 14.6 Å². The Bertz CT molecular complexity index is 2090. The van der Waals surface area contributed by atoms with Crippen LogP contribution in [0.5, 0.6) is 5.75 Å². The fourth-order valence-electron chi connectivity index (χ4n) is 5.97. The molecule has 1 aromatic heterocycles. The number of anilines is 2. The predicted molar refractivity (Wildman–Crippen MR) is 272 cm³/mol. The first kappa shape index (κ1) is 62.5. The van der Waals surface area contributed by atoms with Crippen molar-refractivity contribution in [2.75, 3.05) is 141 Å². The van der Waals surface area contributed by atoms with Crippen molar-refractivity contribution in [1.82, 2.24) is 20.9 Å². The standard InChI is InChI=1S/C48H68N6O18S2/c1-36(55)73-31-30-71-29-28-70-27-26-69-25-24-68-23-22-67-21-20-66-19-18-65-17-16-64-15-12-42(56)49-13-5-14-72-39-10-8-38(9-11-39)54(41(46(61)62)32-44(58)59)43(57)34-50-45(60)40-35-74-48(52-40)53-47(63)51-33-37-6-3-2-4-7-37/h2-4,6-11,35,41H,5,12-34H2,1H3,(H,49,56)(H,50,60)(H,58,59)(H,61,62)(H2,51,52,53,63)/t41-/m0/s1. The number of aliphatic carboxylic acids is 2. The first-order valence-electron chi connectivity index (χ1n) is 23.8. The van der Waals surface area contributed by atoms with Crippen LogP contribution in [0.1, 0.15) is 42.2 Å². The molecule has 0 saturated carbocycles. The first-order chi connectivity index (χ1) is 35.9. The van der Waals surface area contributed by atoms with E-state index >= 15 is 0 Å². The van der Waals surface area contributed by atoms with E-state index in [1.807, 2.05) is 30.3 Å². The summed E-state index contributed by atoms with van der Waals surface area (Å²) in [6.07, 6.45) is -0.327. The first-order valence-corrected chi connectivity index (χ1v) is 25.6. The number of urea groups is 1. The highest BCUT2D eigenvalue weighted by molar-refractivity contribution is 8.13. The molecule has 0 unspecified atom stereocenters. The number of carbonyl (C=O) groups is 7. The normalized spacial score (nSPS) is 11.4. The van der Waals surface area contributed by atoms with Crippen molar-refractivity contribution in [3.63, 3.8) is 0 Å². The predicted octanol–water partition coefficient (Wildman–Crippen LogP) is 2.84. The Morgan fingerprint density at radius 1 is 0.662 bits per heavy atom. The molecule has 24 nitrogen and oxygen atoms in total. The van der Waals surface area contributed by atoms with E-state index in [0.717, 1.165) is 21.8 Å². The number of nitrogens with zero attached hydrogens (tertiary/aromatic N) is 2. The molecule has 74 heavy (non-hydrogen) atoms. The van der Waals surface area contributed by atoms with Crippen LogP contribution in [0.2, 0.25) is 0 Å². The number of hydrogen-bond acceptors (Lipinski definition) is 19. The molecule has 0 spiro atoms. The van der Waals surface area contributed by atoms with E-state index < -0.39 is 48.8 Å². The van der Waals surface area contributed by atoms with Gasteiger partial charge in [0.2, 0.25) is 11.8 Å². The molecule has 26 heteroatoms. The minimum absolute atomic E-state index is 0.0363. The lowest BCUT2D eigenvalue weighted by molar-refractivity contribution is -0.145. The molecule has 3 rings (SSSR count). The average Bonchev–Trinajstić information content (AvgIpc) is 3.85. The van der Waals surface area contributed by atoms with Gasteiger partial charge >= 0.3 is 18.0 Å². The number of benzene rings is 2. The van der Waals surface area contributed by atoms with Gasteiger partial charge < -0.3 is 68.8 Å². The van der Waals surface area contributed by atoms with Gasteiger partial charge in [0.25, 0.3) is 5.91 Å². The van der Waals surface area contributed by atoms with Crippen molar-refractivity contribution < 1.29 is 86.4 Å². The molecule has 5 amide bonds. The van der Waals surface area contributed by atoms with E-state index in [4.69, 9.17) is 42.6 Å². The molecule has 2 aromatic carbocycles. The van der Waals surface area contributed by atoms with Gasteiger partial charge in [-0.2, -0.15) is 0 Å². The molecule has 3 aromatic rings. The fraction of sp³-hybridized carbons (Fsp3) is 0.542. The number of carbonyl (C=O) groups excluding carboxylic acids is 5. The molecule has 0 fully saturated rings. The summed E-state index contributed by atoms with van der Waals surface area (Å²) in [4.78, 5) is 90.4. The lowest BCUT2D eigenvalue weighted by atomic mass is 10.1. The number of aromatic nitrogens is 1. The zero-order chi connectivity index (χ0) is 53.4. The van der Waals surface area contributed by atoms with Crippen LogP contribution in [-0.4, -0.2) is 193 Å². The number of hydrogen-bond donors (Lipinski definition) is 6. The second-order valence-corrected chi connectivity index (χ2v) is 17.4. The van der Waals surface area contributed by atoms with E-state index in [1.165, 1.54) is 48.3 Å². The molecule has 0 radical (unpaired) electrons. The minimum atomic E-state index is -1.82. The van der Waals surface area contributed by atoms with Crippen molar-refractivity contribution in [1.29, 1.82) is 0 Å². The quantitative estimate of drug-likeness (QED) is 0.0444. The van der Waals surface area contributed by atoms with E-state index in [2.05, 4.69) is 26.3 Å². The monoisotopic (exact) mass is 1080 g/mol. The SMILES string of the molecule is CC(=O)SCCOCCOCCOCCOCCOCCOCCOCCOCCC(=O)NCCCOc1ccc(N(C(=O)CNC(=O)c2csc(NC(=O)NCc3ccccc3)n2)[C@@H](CC(=O)O)C(=O)O)cc1.